The molecule has 0 spiro atoms. The smallest absolute Gasteiger partial charge is 0.214 e. The van der Waals surface area contributed by atoms with Gasteiger partial charge < -0.3 is 8.98 Å². The number of imidazole rings is 1. The summed E-state index contributed by atoms with van der Waals surface area (Å²) in [4.78, 5) is 4.25. The minimum Gasteiger partial charge on any atom is -0.468 e. The number of nitrogens with zero attached hydrogens (tertiary/aromatic N) is 2. The Hall–Kier alpha value is -2.12. The van der Waals surface area contributed by atoms with Crippen molar-refractivity contribution in [2.24, 2.45) is 0 Å². The van der Waals surface area contributed by atoms with Crippen molar-refractivity contribution >= 4 is 21.1 Å². The van der Waals surface area contributed by atoms with Crippen LogP contribution in [0.3, 0.4) is 0 Å². The van der Waals surface area contributed by atoms with Crippen molar-refractivity contribution in [3.8, 4) is 0 Å². The van der Waals surface area contributed by atoms with Gasteiger partial charge in [-0.1, -0.05) is 12.1 Å². The molecule has 0 amide bonds. The third-order valence-corrected chi connectivity index (χ3v) is 4.89. The van der Waals surface area contributed by atoms with Gasteiger partial charge >= 0.3 is 0 Å². The van der Waals surface area contributed by atoms with E-state index in [1.807, 2.05) is 28.8 Å². The highest BCUT2D eigenvalue weighted by molar-refractivity contribution is 7.89. The minimum absolute atomic E-state index is 0.0155. The van der Waals surface area contributed by atoms with Crippen LogP contribution < -0.4 is 4.72 Å². The van der Waals surface area contributed by atoms with E-state index in [4.69, 9.17) is 4.42 Å². The first-order valence-electron chi connectivity index (χ1n) is 6.98. The number of rotatable bonds is 6. The fourth-order valence-electron chi connectivity index (χ4n) is 2.33. The number of para-hydroxylation sites is 2. The molecule has 0 radical (unpaired) electrons. The molecular formula is C15H17N3O3S. The van der Waals surface area contributed by atoms with E-state index in [0.717, 1.165) is 11.0 Å². The Morgan fingerprint density at radius 2 is 2.09 bits per heavy atom. The predicted octanol–water partition coefficient (Wildman–Crippen LogP) is 2.31. The average molecular weight is 319 g/mol. The Morgan fingerprint density at radius 1 is 1.27 bits per heavy atom. The molecule has 116 valence electrons. The average Bonchev–Trinajstić information content (AvgIpc) is 3.15. The molecule has 1 N–H and O–H groups in total. The van der Waals surface area contributed by atoms with Crippen LogP contribution in [0.25, 0.3) is 11.0 Å². The summed E-state index contributed by atoms with van der Waals surface area (Å²) >= 11 is 0. The third-order valence-electron chi connectivity index (χ3n) is 3.45. The van der Waals surface area contributed by atoms with E-state index in [-0.39, 0.29) is 11.8 Å². The van der Waals surface area contributed by atoms with Crippen LogP contribution in [0.5, 0.6) is 0 Å². The number of hydrogen-bond donors (Lipinski definition) is 1. The zero-order valence-electron chi connectivity index (χ0n) is 12.1. The van der Waals surface area contributed by atoms with Gasteiger partial charge in [0.1, 0.15) is 5.76 Å². The maximum atomic E-state index is 12.2. The predicted molar refractivity (Wildman–Crippen MR) is 83.8 cm³/mol. The largest absolute Gasteiger partial charge is 0.468 e. The summed E-state index contributed by atoms with van der Waals surface area (Å²) in [5.41, 5.74) is 1.79. The van der Waals surface area contributed by atoms with Crippen molar-refractivity contribution in [1.29, 1.82) is 0 Å². The van der Waals surface area contributed by atoms with Gasteiger partial charge in [-0.05, 0) is 31.2 Å². The van der Waals surface area contributed by atoms with Crippen LogP contribution in [0.1, 0.15) is 18.7 Å². The van der Waals surface area contributed by atoms with Gasteiger partial charge in [0, 0.05) is 6.54 Å². The van der Waals surface area contributed by atoms with Crippen LogP contribution in [0.15, 0.2) is 53.4 Å². The lowest BCUT2D eigenvalue weighted by atomic mass is 10.3. The van der Waals surface area contributed by atoms with Crippen LogP contribution in [-0.4, -0.2) is 23.7 Å². The van der Waals surface area contributed by atoms with Crippen molar-refractivity contribution in [3.05, 3.63) is 54.7 Å². The number of nitrogens with one attached hydrogen (secondary N) is 1. The SMILES string of the molecule is C[C@@H](NS(=O)(=O)CCn1cnc2ccccc21)c1ccco1. The van der Waals surface area contributed by atoms with Crippen molar-refractivity contribution in [1.82, 2.24) is 14.3 Å². The molecule has 0 fully saturated rings. The molecular weight excluding hydrogens is 302 g/mol. The van der Waals surface area contributed by atoms with E-state index in [9.17, 15) is 8.42 Å². The fraction of sp³-hybridized carbons (Fsp3) is 0.267. The van der Waals surface area contributed by atoms with Crippen LogP contribution in [0.4, 0.5) is 0 Å². The number of hydrogen-bond acceptors (Lipinski definition) is 4. The molecule has 1 atom stereocenters. The van der Waals surface area contributed by atoms with Crippen LogP contribution >= 0.6 is 0 Å². The van der Waals surface area contributed by atoms with Crippen LogP contribution in [-0.2, 0) is 16.6 Å². The van der Waals surface area contributed by atoms with E-state index < -0.39 is 10.0 Å². The number of fused-ring (bicyclic) bond motifs is 1. The number of sulfonamides is 1. The maximum Gasteiger partial charge on any atom is 0.214 e. The van der Waals surface area contributed by atoms with Gasteiger partial charge in [-0.3, -0.25) is 0 Å². The van der Waals surface area contributed by atoms with Crippen molar-refractivity contribution in [2.75, 3.05) is 5.75 Å². The molecule has 3 aromatic rings. The monoisotopic (exact) mass is 319 g/mol. The quantitative estimate of drug-likeness (QED) is 0.756. The summed E-state index contributed by atoms with van der Waals surface area (Å²) in [6.07, 6.45) is 3.19. The standard InChI is InChI=1S/C15H17N3O3S/c1-12(15-7-4-9-21-15)17-22(19,20)10-8-18-11-16-13-5-2-3-6-14(13)18/h2-7,9,11-12,17H,8,10H2,1H3/t12-/m1/s1. The summed E-state index contributed by atoms with van der Waals surface area (Å²) in [5.74, 6) is 0.579. The summed E-state index contributed by atoms with van der Waals surface area (Å²) < 4.78 is 34.0. The van der Waals surface area contributed by atoms with Gasteiger partial charge in [0.15, 0.2) is 0 Å². The highest BCUT2D eigenvalue weighted by atomic mass is 32.2. The Balaban J connectivity index is 1.67. The molecule has 0 unspecified atom stereocenters. The topological polar surface area (TPSA) is 77.1 Å². The van der Waals surface area contributed by atoms with Crippen LogP contribution in [0.2, 0.25) is 0 Å². The highest BCUT2D eigenvalue weighted by Crippen LogP contribution is 2.15. The summed E-state index contributed by atoms with van der Waals surface area (Å²) in [6.45, 7) is 2.10. The molecule has 22 heavy (non-hydrogen) atoms. The molecule has 2 heterocycles. The number of aryl methyl sites for hydroxylation is 1. The Morgan fingerprint density at radius 3 is 2.86 bits per heavy atom. The molecule has 0 aliphatic carbocycles. The molecule has 7 heteroatoms. The highest BCUT2D eigenvalue weighted by Gasteiger charge is 2.17. The molecule has 2 aromatic heterocycles. The Labute approximate surface area is 128 Å². The summed E-state index contributed by atoms with van der Waals surface area (Å²) in [5, 5.41) is 0. The maximum absolute atomic E-state index is 12.2. The zero-order valence-corrected chi connectivity index (χ0v) is 13.0. The molecule has 0 saturated carbocycles. The van der Waals surface area contributed by atoms with Gasteiger partial charge in [-0.25, -0.2) is 18.1 Å². The summed E-state index contributed by atoms with van der Waals surface area (Å²) in [7, 11) is -3.41. The van der Waals surface area contributed by atoms with E-state index in [0.29, 0.717) is 12.3 Å². The second kappa shape index (κ2) is 5.94. The van der Waals surface area contributed by atoms with Gasteiger partial charge in [-0.2, -0.15) is 0 Å². The molecule has 0 bridgehead atoms. The molecule has 0 aliphatic heterocycles. The lowest BCUT2D eigenvalue weighted by molar-refractivity contribution is 0.459. The zero-order chi connectivity index (χ0) is 15.6. The molecule has 0 aliphatic rings. The number of furan rings is 1. The minimum atomic E-state index is -3.41. The fourth-order valence-corrected chi connectivity index (χ4v) is 3.54. The molecule has 3 rings (SSSR count). The van der Waals surface area contributed by atoms with Gasteiger partial charge in [-0.15, -0.1) is 0 Å². The van der Waals surface area contributed by atoms with Gasteiger partial charge in [0.25, 0.3) is 0 Å². The van der Waals surface area contributed by atoms with Gasteiger partial charge in [0.2, 0.25) is 10.0 Å². The third kappa shape index (κ3) is 3.20. The lowest BCUT2D eigenvalue weighted by Crippen LogP contribution is -2.30. The number of aromatic nitrogens is 2. The van der Waals surface area contributed by atoms with E-state index >= 15 is 0 Å². The summed E-state index contributed by atoms with van der Waals surface area (Å²) in [6, 6.07) is 10.7. The van der Waals surface area contributed by atoms with Gasteiger partial charge in [0.05, 0.1) is 35.4 Å². The van der Waals surface area contributed by atoms with Crippen molar-refractivity contribution in [2.45, 2.75) is 19.5 Å². The Kier molecular flexibility index (Phi) is 4.00. The molecule has 6 nitrogen and oxygen atoms in total. The first-order chi connectivity index (χ1) is 10.6. The molecule has 1 aromatic carbocycles. The first-order valence-corrected chi connectivity index (χ1v) is 8.64. The molecule has 0 saturated heterocycles. The van der Waals surface area contributed by atoms with E-state index in [1.54, 1.807) is 25.4 Å². The second-order valence-corrected chi connectivity index (χ2v) is 6.97. The lowest BCUT2D eigenvalue weighted by Gasteiger charge is -2.12. The number of benzene rings is 1. The first kappa shape index (κ1) is 14.8. The van der Waals surface area contributed by atoms with Crippen molar-refractivity contribution in [3.63, 3.8) is 0 Å². The van der Waals surface area contributed by atoms with Crippen molar-refractivity contribution < 1.29 is 12.8 Å². The normalized spacial score (nSPS) is 13.5. The second-order valence-electron chi connectivity index (χ2n) is 5.10. The van der Waals surface area contributed by atoms with E-state index in [1.165, 1.54) is 6.26 Å². The Bertz CT molecular complexity index is 853. The van der Waals surface area contributed by atoms with Crippen LogP contribution in [0, 0.1) is 0 Å². The van der Waals surface area contributed by atoms with E-state index in [2.05, 4.69) is 9.71 Å².